The number of allylic oxidation sites excluding steroid dienone is 1. The van der Waals surface area contributed by atoms with Crippen LogP contribution in [-0.4, -0.2) is 41.0 Å². The predicted octanol–water partition coefficient (Wildman–Crippen LogP) is 5.99. The fourth-order valence-electron chi connectivity index (χ4n) is 4.15. The molecule has 1 aliphatic heterocycles. The monoisotopic (exact) mass is 546 g/mol. The van der Waals surface area contributed by atoms with E-state index in [9.17, 15) is 19.5 Å². The van der Waals surface area contributed by atoms with Gasteiger partial charge >= 0.3 is 5.97 Å². The summed E-state index contributed by atoms with van der Waals surface area (Å²) in [6, 6.07) is 15.3. The Morgan fingerprint density at radius 3 is 2.49 bits per heavy atom. The van der Waals surface area contributed by atoms with E-state index >= 15 is 0 Å². The van der Waals surface area contributed by atoms with Crippen molar-refractivity contribution >= 4 is 40.2 Å². The van der Waals surface area contributed by atoms with Gasteiger partial charge in [0.2, 0.25) is 0 Å². The van der Waals surface area contributed by atoms with Crippen LogP contribution in [0.3, 0.4) is 0 Å². The number of ether oxygens (including phenoxy) is 2. The first kappa shape index (κ1) is 27.8. The lowest BCUT2D eigenvalue weighted by Crippen LogP contribution is -2.30. The number of rotatable bonds is 11. The Bertz CT molecular complexity index is 1410. The number of ketones is 1. The molecule has 0 aliphatic carbocycles. The van der Waals surface area contributed by atoms with Crippen molar-refractivity contribution in [1.82, 2.24) is 4.98 Å². The van der Waals surface area contributed by atoms with Crippen LogP contribution in [0.4, 0.5) is 5.13 Å². The molecule has 0 bridgehead atoms. The maximum atomic E-state index is 13.4. The van der Waals surface area contributed by atoms with Crippen molar-refractivity contribution < 1.29 is 29.0 Å². The van der Waals surface area contributed by atoms with E-state index in [-0.39, 0.29) is 22.2 Å². The van der Waals surface area contributed by atoms with Crippen LogP contribution < -0.4 is 9.64 Å². The van der Waals surface area contributed by atoms with Crippen molar-refractivity contribution in [2.24, 2.45) is 0 Å². The Hall–Kier alpha value is -4.24. The Kier molecular flexibility index (Phi) is 8.93. The zero-order valence-corrected chi connectivity index (χ0v) is 22.9. The van der Waals surface area contributed by atoms with E-state index in [1.807, 2.05) is 30.3 Å². The second kappa shape index (κ2) is 12.5. The molecule has 1 atom stereocenters. The number of carbonyl (C=O) groups is 3. The number of anilines is 1. The number of aliphatic hydroxyl groups excluding tert-OH is 1. The number of aliphatic hydroxyl groups is 1. The Balaban J connectivity index is 1.74. The SMILES string of the molecule is CCCCOc1ccc(C2C(C(=O)/C=C/c3ccccc3)=C(O)C(=O)N2c2nc(C)c(C(=O)OCC)s2)cc1. The van der Waals surface area contributed by atoms with E-state index in [1.165, 1.54) is 11.0 Å². The maximum Gasteiger partial charge on any atom is 0.350 e. The number of nitrogens with zero attached hydrogens (tertiary/aromatic N) is 2. The summed E-state index contributed by atoms with van der Waals surface area (Å²) in [5, 5.41) is 11.1. The van der Waals surface area contributed by atoms with Crippen LogP contribution in [0.2, 0.25) is 0 Å². The molecule has 1 N–H and O–H groups in total. The molecule has 9 heteroatoms. The van der Waals surface area contributed by atoms with E-state index in [2.05, 4.69) is 11.9 Å². The van der Waals surface area contributed by atoms with Gasteiger partial charge in [-0.25, -0.2) is 9.78 Å². The topological polar surface area (TPSA) is 106 Å². The van der Waals surface area contributed by atoms with Gasteiger partial charge in [0.1, 0.15) is 10.6 Å². The van der Waals surface area contributed by atoms with Gasteiger partial charge in [0, 0.05) is 0 Å². The van der Waals surface area contributed by atoms with Crippen LogP contribution >= 0.6 is 11.3 Å². The third kappa shape index (κ3) is 6.09. The number of aromatic nitrogens is 1. The Labute approximate surface area is 231 Å². The summed E-state index contributed by atoms with van der Waals surface area (Å²) < 4.78 is 10.9. The van der Waals surface area contributed by atoms with E-state index < -0.39 is 29.5 Å². The number of hydrogen-bond donors (Lipinski definition) is 1. The molecular formula is C30H30N2O6S. The van der Waals surface area contributed by atoms with Crippen LogP contribution in [0.25, 0.3) is 6.08 Å². The molecule has 0 saturated carbocycles. The fourth-order valence-corrected chi connectivity index (χ4v) is 5.13. The predicted molar refractivity (Wildman–Crippen MR) is 150 cm³/mol. The van der Waals surface area contributed by atoms with Gasteiger partial charge in [0.15, 0.2) is 16.7 Å². The maximum absolute atomic E-state index is 13.4. The number of carbonyl (C=O) groups excluding carboxylic acids is 3. The smallest absolute Gasteiger partial charge is 0.350 e. The molecule has 0 spiro atoms. The van der Waals surface area contributed by atoms with Gasteiger partial charge in [-0.3, -0.25) is 14.5 Å². The average Bonchev–Trinajstić information content (AvgIpc) is 3.45. The number of aryl methyl sites for hydroxylation is 1. The Morgan fingerprint density at radius 2 is 1.82 bits per heavy atom. The third-order valence-electron chi connectivity index (χ3n) is 6.11. The molecule has 202 valence electrons. The van der Waals surface area contributed by atoms with Crippen LogP contribution in [0.5, 0.6) is 5.75 Å². The third-order valence-corrected chi connectivity index (χ3v) is 7.25. The zero-order chi connectivity index (χ0) is 27.9. The number of esters is 1. The minimum absolute atomic E-state index is 0.0719. The first-order valence-electron chi connectivity index (χ1n) is 12.8. The highest BCUT2D eigenvalue weighted by atomic mass is 32.1. The largest absolute Gasteiger partial charge is 0.503 e. The summed E-state index contributed by atoms with van der Waals surface area (Å²) in [5.74, 6) is -1.84. The highest BCUT2D eigenvalue weighted by Gasteiger charge is 2.45. The van der Waals surface area contributed by atoms with Crippen molar-refractivity contribution in [3.05, 3.63) is 93.7 Å². The summed E-state index contributed by atoms with van der Waals surface area (Å²) in [6.45, 7) is 6.20. The molecular weight excluding hydrogens is 516 g/mol. The van der Waals surface area contributed by atoms with E-state index in [1.54, 1.807) is 44.2 Å². The Morgan fingerprint density at radius 1 is 1.10 bits per heavy atom. The molecule has 8 nitrogen and oxygen atoms in total. The minimum atomic E-state index is -0.962. The van der Waals surface area contributed by atoms with Crippen molar-refractivity contribution in [2.75, 3.05) is 18.1 Å². The minimum Gasteiger partial charge on any atom is -0.503 e. The molecule has 39 heavy (non-hydrogen) atoms. The van der Waals surface area contributed by atoms with Gasteiger partial charge in [0.25, 0.3) is 5.91 Å². The molecule has 0 saturated heterocycles. The van der Waals surface area contributed by atoms with E-state index in [0.29, 0.717) is 23.6 Å². The lowest BCUT2D eigenvalue weighted by atomic mass is 9.95. The quantitative estimate of drug-likeness (QED) is 0.179. The number of thiazole rings is 1. The number of amides is 1. The van der Waals surface area contributed by atoms with Gasteiger partial charge in [0.05, 0.1) is 30.5 Å². The standard InChI is InChI=1S/C30H30N2O6S/c1-4-6-18-38-22-15-13-21(14-16-22)25-24(23(33)17-12-20-10-8-7-9-11-20)26(34)28(35)32(25)30-31-19(3)27(39-30)29(36)37-5-2/h7-17,25,34H,4-6,18H2,1-3H3/b17-12+. The lowest BCUT2D eigenvalue weighted by molar-refractivity contribution is -0.117. The summed E-state index contributed by atoms with van der Waals surface area (Å²) in [5.41, 5.74) is 1.70. The molecule has 1 unspecified atom stereocenters. The highest BCUT2D eigenvalue weighted by molar-refractivity contribution is 7.17. The molecule has 2 aromatic carbocycles. The first-order valence-corrected chi connectivity index (χ1v) is 13.6. The number of unbranched alkanes of at least 4 members (excludes halogenated alkanes) is 1. The van der Waals surface area contributed by atoms with E-state index in [4.69, 9.17) is 9.47 Å². The van der Waals surface area contributed by atoms with E-state index in [0.717, 1.165) is 29.7 Å². The highest BCUT2D eigenvalue weighted by Crippen LogP contribution is 2.43. The molecule has 1 aromatic heterocycles. The number of hydrogen-bond acceptors (Lipinski definition) is 8. The van der Waals surface area contributed by atoms with Crippen molar-refractivity contribution in [2.45, 2.75) is 39.7 Å². The lowest BCUT2D eigenvalue weighted by Gasteiger charge is -2.24. The second-order valence-corrected chi connectivity index (χ2v) is 9.83. The summed E-state index contributed by atoms with van der Waals surface area (Å²) in [7, 11) is 0. The van der Waals surface area contributed by atoms with Crippen molar-refractivity contribution in [3.8, 4) is 5.75 Å². The van der Waals surface area contributed by atoms with Gasteiger partial charge in [-0.1, -0.05) is 73.2 Å². The molecule has 1 amide bonds. The summed E-state index contributed by atoms with van der Waals surface area (Å²) in [6.07, 6.45) is 4.89. The summed E-state index contributed by atoms with van der Waals surface area (Å²) in [4.78, 5) is 45.2. The summed E-state index contributed by atoms with van der Waals surface area (Å²) >= 11 is 0.977. The molecule has 2 heterocycles. The fraction of sp³-hybridized carbons (Fsp3) is 0.267. The van der Waals surface area contributed by atoms with Crippen LogP contribution in [0.1, 0.15) is 59.2 Å². The van der Waals surface area contributed by atoms with Gasteiger partial charge in [-0.2, -0.15) is 0 Å². The molecule has 1 aliphatic rings. The van der Waals surface area contributed by atoms with Gasteiger partial charge < -0.3 is 14.6 Å². The van der Waals surface area contributed by atoms with Crippen LogP contribution in [0, 0.1) is 6.92 Å². The molecule has 0 fully saturated rings. The van der Waals surface area contributed by atoms with Gasteiger partial charge in [-0.05, 0) is 49.6 Å². The van der Waals surface area contributed by atoms with Gasteiger partial charge in [-0.15, -0.1) is 0 Å². The zero-order valence-electron chi connectivity index (χ0n) is 22.0. The average molecular weight is 547 g/mol. The first-order chi connectivity index (χ1) is 18.8. The molecule has 3 aromatic rings. The van der Waals surface area contributed by atoms with Crippen LogP contribution in [-0.2, 0) is 14.3 Å². The second-order valence-electron chi connectivity index (χ2n) is 8.85. The van der Waals surface area contributed by atoms with Crippen LogP contribution in [0.15, 0.2) is 72.0 Å². The number of benzene rings is 2. The normalized spacial score (nSPS) is 15.3. The van der Waals surface area contributed by atoms with Crippen molar-refractivity contribution in [3.63, 3.8) is 0 Å². The molecule has 0 radical (unpaired) electrons. The van der Waals surface area contributed by atoms with Crippen molar-refractivity contribution in [1.29, 1.82) is 0 Å². The molecule has 4 rings (SSSR count).